The van der Waals surface area contributed by atoms with Crippen molar-refractivity contribution in [2.75, 3.05) is 31.1 Å². The van der Waals surface area contributed by atoms with Gasteiger partial charge in [-0.2, -0.15) is 9.40 Å². The molecule has 2 aliphatic rings. The van der Waals surface area contributed by atoms with E-state index in [4.69, 9.17) is 0 Å². The van der Waals surface area contributed by atoms with E-state index in [0.717, 1.165) is 13.1 Å². The highest BCUT2D eigenvalue weighted by Gasteiger charge is 2.44. The molecular formula is C17H22N4O2S. The van der Waals surface area contributed by atoms with Gasteiger partial charge >= 0.3 is 0 Å². The van der Waals surface area contributed by atoms with Crippen LogP contribution in [0.1, 0.15) is 6.92 Å². The van der Waals surface area contributed by atoms with Gasteiger partial charge < -0.3 is 4.90 Å². The van der Waals surface area contributed by atoms with Crippen molar-refractivity contribution in [2.45, 2.75) is 18.4 Å². The fourth-order valence-electron chi connectivity index (χ4n) is 3.80. The number of sulfonamides is 1. The Morgan fingerprint density at radius 3 is 2.33 bits per heavy atom. The van der Waals surface area contributed by atoms with E-state index in [1.165, 1.54) is 11.9 Å². The Balaban J connectivity index is 1.47. The first-order chi connectivity index (χ1) is 11.6. The molecule has 0 N–H and O–H groups in total. The van der Waals surface area contributed by atoms with Gasteiger partial charge in [0, 0.05) is 44.6 Å². The van der Waals surface area contributed by atoms with Gasteiger partial charge in [0.2, 0.25) is 10.0 Å². The Morgan fingerprint density at radius 2 is 1.75 bits per heavy atom. The average molecular weight is 346 g/mol. The molecule has 2 aromatic rings. The molecule has 3 heterocycles. The van der Waals surface area contributed by atoms with Crippen LogP contribution < -0.4 is 4.90 Å². The number of para-hydroxylation sites is 1. The molecule has 0 radical (unpaired) electrons. The standard InChI is InChI=1S/C17H22N4O2S/c1-2-20-13-17(8-18-20)24(22,23)21-11-14-9-19(10-15(14)12-21)16-6-4-3-5-7-16/h3-8,13-15H,2,9-12H2,1H3. The van der Waals surface area contributed by atoms with Crippen LogP contribution in [-0.4, -0.2) is 48.7 Å². The molecular weight excluding hydrogens is 324 g/mol. The summed E-state index contributed by atoms with van der Waals surface area (Å²) in [5.41, 5.74) is 1.23. The average Bonchev–Trinajstić information content (AvgIpc) is 3.29. The number of rotatable bonds is 4. The first-order valence-corrected chi connectivity index (χ1v) is 9.84. The van der Waals surface area contributed by atoms with Gasteiger partial charge in [-0.1, -0.05) is 18.2 Å². The maximum atomic E-state index is 12.8. The minimum absolute atomic E-state index is 0.309. The first kappa shape index (κ1) is 15.7. The number of aromatic nitrogens is 2. The van der Waals surface area contributed by atoms with Gasteiger partial charge in [-0.3, -0.25) is 4.68 Å². The van der Waals surface area contributed by atoms with Gasteiger partial charge in [0.15, 0.2) is 0 Å². The lowest BCUT2D eigenvalue weighted by atomic mass is 10.0. The molecule has 128 valence electrons. The molecule has 24 heavy (non-hydrogen) atoms. The second-order valence-electron chi connectivity index (χ2n) is 6.61. The van der Waals surface area contributed by atoms with E-state index in [0.29, 0.717) is 36.4 Å². The molecule has 2 unspecified atom stereocenters. The van der Waals surface area contributed by atoms with Crippen molar-refractivity contribution in [3.63, 3.8) is 0 Å². The van der Waals surface area contributed by atoms with E-state index in [1.54, 1.807) is 15.2 Å². The van der Waals surface area contributed by atoms with Crippen LogP contribution in [0, 0.1) is 11.8 Å². The van der Waals surface area contributed by atoms with Crippen LogP contribution in [0.25, 0.3) is 0 Å². The molecule has 0 saturated carbocycles. The summed E-state index contributed by atoms with van der Waals surface area (Å²) >= 11 is 0. The van der Waals surface area contributed by atoms with Gasteiger partial charge in [0.05, 0.1) is 6.20 Å². The summed E-state index contributed by atoms with van der Waals surface area (Å²) in [5.74, 6) is 0.808. The summed E-state index contributed by atoms with van der Waals surface area (Å²) in [5, 5.41) is 4.10. The van der Waals surface area contributed by atoms with Gasteiger partial charge in [-0.15, -0.1) is 0 Å². The fourth-order valence-corrected chi connectivity index (χ4v) is 5.30. The molecule has 0 aliphatic carbocycles. The molecule has 7 heteroatoms. The molecule has 2 aliphatic heterocycles. The van der Waals surface area contributed by atoms with Crippen LogP contribution in [0.2, 0.25) is 0 Å². The van der Waals surface area contributed by atoms with E-state index in [9.17, 15) is 8.42 Å². The van der Waals surface area contributed by atoms with Crippen LogP contribution in [0.15, 0.2) is 47.6 Å². The van der Waals surface area contributed by atoms with Gasteiger partial charge in [0.25, 0.3) is 0 Å². The molecule has 2 atom stereocenters. The lowest BCUT2D eigenvalue weighted by Crippen LogP contribution is -2.33. The monoisotopic (exact) mass is 346 g/mol. The summed E-state index contributed by atoms with van der Waals surface area (Å²) in [6, 6.07) is 10.4. The lowest BCUT2D eigenvalue weighted by Gasteiger charge is -2.22. The molecule has 1 aromatic carbocycles. The predicted octanol–water partition coefficient (Wildman–Crippen LogP) is 1.66. The highest BCUT2D eigenvalue weighted by molar-refractivity contribution is 7.89. The van der Waals surface area contributed by atoms with Gasteiger partial charge in [-0.05, 0) is 30.9 Å². The summed E-state index contributed by atoms with van der Waals surface area (Å²) in [6.07, 6.45) is 3.09. The molecule has 2 fully saturated rings. The van der Waals surface area contributed by atoms with Crippen LogP contribution in [0.4, 0.5) is 5.69 Å². The molecule has 0 amide bonds. The largest absolute Gasteiger partial charge is 0.371 e. The van der Waals surface area contributed by atoms with Crippen molar-refractivity contribution in [2.24, 2.45) is 11.8 Å². The number of fused-ring (bicyclic) bond motifs is 1. The van der Waals surface area contributed by atoms with Crippen LogP contribution >= 0.6 is 0 Å². The minimum Gasteiger partial charge on any atom is -0.371 e. The van der Waals surface area contributed by atoms with Gasteiger partial charge in [-0.25, -0.2) is 8.42 Å². The van der Waals surface area contributed by atoms with Crippen molar-refractivity contribution >= 4 is 15.7 Å². The second kappa shape index (κ2) is 5.89. The molecule has 2 saturated heterocycles. The lowest BCUT2D eigenvalue weighted by molar-refractivity contribution is 0.453. The zero-order valence-corrected chi connectivity index (χ0v) is 14.6. The first-order valence-electron chi connectivity index (χ1n) is 8.40. The van der Waals surface area contributed by atoms with E-state index in [1.807, 2.05) is 25.1 Å². The molecule has 4 rings (SSSR count). The molecule has 6 nitrogen and oxygen atoms in total. The maximum absolute atomic E-state index is 12.8. The van der Waals surface area contributed by atoms with Crippen molar-refractivity contribution in [1.29, 1.82) is 0 Å². The summed E-state index contributed by atoms with van der Waals surface area (Å²) in [4.78, 5) is 2.68. The van der Waals surface area contributed by atoms with E-state index in [2.05, 4.69) is 22.1 Å². The smallest absolute Gasteiger partial charge is 0.246 e. The number of benzene rings is 1. The highest BCUT2D eigenvalue weighted by atomic mass is 32.2. The minimum atomic E-state index is -3.42. The second-order valence-corrected chi connectivity index (χ2v) is 8.55. The third-order valence-electron chi connectivity index (χ3n) is 5.15. The maximum Gasteiger partial charge on any atom is 0.246 e. The molecule has 1 aromatic heterocycles. The Morgan fingerprint density at radius 1 is 1.08 bits per heavy atom. The number of anilines is 1. The Hall–Kier alpha value is -1.86. The predicted molar refractivity (Wildman–Crippen MR) is 92.3 cm³/mol. The van der Waals surface area contributed by atoms with E-state index in [-0.39, 0.29) is 0 Å². The van der Waals surface area contributed by atoms with E-state index >= 15 is 0 Å². The van der Waals surface area contributed by atoms with Crippen molar-refractivity contribution < 1.29 is 8.42 Å². The number of aryl methyl sites for hydroxylation is 1. The summed E-state index contributed by atoms with van der Waals surface area (Å²) < 4.78 is 28.9. The van der Waals surface area contributed by atoms with Crippen LogP contribution in [0.3, 0.4) is 0 Å². The number of hydrogen-bond acceptors (Lipinski definition) is 4. The van der Waals surface area contributed by atoms with Crippen molar-refractivity contribution in [3.05, 3.63) is 42.7 Å². The normalized spacial score (nSPS) is 24.5. The Bertz CT molecular complexity index is 804. The fraction of sp³-hybridized carbons (Fsp3) is 0.471. The highest BCUT2D eigenvalue weighted by Crippen LogP contribution is 2.36. The Labute approximate surface area is 142 Å². The molecule has 0 bridgehead atoms. The van der Waals surface area contributed by atoms with Crippen molar-refractivity contribution in [1.82, 2.24) is 14.1 Å². The SMILES string of the molecule is CCn1cc(S(=O)(=O)N2CC3CN(c4ccccc4)CC3C2)cn1. The van der Waals surface area contributed by atoms with Crippen LogP contribution in [0.5, 0.6) is 0 Å². The zero-order valence-electron chi connectivity index (χ0n) is 13.7. The van der Waals surface area contributed by atoms with Crippen LogP contribution in [-0.2, 0) is 16.6 Å². The quantitative estimate of drug-likeness (QED) is 0.845. The summed E-state index contributed by atoms with van der Waals surface area (Å²) in [7, 11) is -3.42. The topological polar surface area (TPSA) is 58.4 Å². The van der Waals surface area contributed by atoms with Crippen molar-refractivity contribution in [3.8, 4) is 0 Å². The zero-order chi connectivity index (χ0) is 16.7. The Kier molecular flexibility index (Phi) is 3.85. The molecule has 0 spiro atoms. The third kappa shape index (κ3) is 2.61. The van der Waals surface area contributed by atoms with Gasteiger partial charge in [0.1, 0.15) is 4.90 Å². The number of hydrogen-bond donors (Lipinski definition) is 0. The summed E-state index contributed by atoms with van der Waals surface area (Å²) in [6.45, 7) is 5.68. The third-order valence-corrected chi connectivity index (χ3v) is 6.93. The number of nitrogens with zero attached hydrogens (tertiary/aromatic N) is 4. The van der Waals surface area contributed by atoms with E-state index < -0.39 is 10.0 Å².